The Morgan fingerprint density at radius 2 is 1.89 bits per heavy atom. The zero-order chi connectivity index (χ0) is 19.7. The Labute approximate surface area is 164 Å². The average Bonchev–Trinajstić information content (AvgIpc) is 2.87. The van der Waals surface area contributed by atoms with E-state index < -0.39 is 10.4 Å². The molecule has 0 saturated carbocycles. The van der Waals surface area contributed by atoms with Gasteiger partial charge in [-0.2, -0.15) is 0 Å². The molecule has 1 aliphatic heterocycles. The Bertz CT molecular complexity index is 1170. The summed E-state index contributed by atoms with van der Waals surface area (Å²) in [6, 6.07) is 14.9. The smallest absolute Gasteiger partial charge is 0.310 e. The number of nitrogens with one attached hydrogen (secondary N) is 2. The molecule has 3 N–H and O–H groups in total. The first-order valence-corrected chi connectivity index (χ1v) is 9.40. The highest BCUT2D eigenvalue weighted by molar-refractivity contribution is 7.11. The Kier molecular flexibility index (Phi) is 4.70. The molecule has 1 atom stereocenters. The van der Waals surface area contributed by atoms with Crippen molar-refractivity contribution >= 4 is 28.4 Å². The van der Waals surface area contributed by atoms with E-state index in [-0.39, 0.29) is 16.7 Å². The molecule has 0 bridgehead atoms. The van der Waals surface area contributed by atoms with Gasteiger partial charge < -0.3 is 15.2 Å². The summed E-state index contributed by atoms with van der Waals surface area (Å²) in [4.78, 5) is 30.1. The summed E-state index contributed by atoms with van der Waals surface area (Å²) in [5.41, 5.74) is 2.25. The number of para-hydroxylation sites is 2. The third-order valence-electron chi connectivity index (χ3n) is 4.54. The lowest BCUT2D eigenvalue weighted by Gasteiger charge is -2.19. The van der Waals surface area contributed by atoms with E-state index in [1.807, 2.05) is 48.5 Å². The van der Waals surface area contributed by atoms with Crippen LogP contribution in [0.25, 0.3) is 0 Å². The summed E-state index contributed by atoms with van der Waals surface area (Å²) < 4.78 is 5.22. The lowest BCUT2D eigenvalue weighted by molar-refractivity contribution is 0.414. The molecule has 4 rings (SSSR count). The molecule has 0 spiro atoms. The molecule has 1 aliphatic rings. The second-order valence-electron chi connectivity index (χ2n) is 6.27. The van der Waals surface area contributed by atoms with Gasteiger partial charge in [-0.05, 0) is 41.2 Å². The highest BCUT2D eigenvalue weighted by atomic mass is 32.1. The maximum atomic E-state index is 12.4. The first-order valence-electron chi connectivity index (χ1n) is 8.59. The highest BCUT2D eigenvalue weighted by Gasteiger charge is 2.25. The average molecular weight is 395 g/mol. The molecule has 0 amide bonds. The van der Waals surface area contributed by atoms with Crippen LogP contribution >= 0.6 is 11.3 Å². The van der Waals surface area contributed by atoms with Crippen molar-refractivity contribution < 1.29 is 9.84 Å². The molecule has 8 heteroatoms. The molecule has 2 heterocycles. The fourth-order valence-electron chi connectivity index (χ4n) is 3.18. The Balaban J connectivity index is 1.84. The number of aromatic nitrogens is 1. The van der Waals surface area contributed by atoms with E-state index >= 15 is 0 Å². The van der Waals surface area contributed by atoms with Crippen LogP contribution in [0, 0.1) is 0 Å². The van der Waals surface area contributed by atoms with Crippen LogP contribution in [0.3, 0.4) is 0 Å². The Morgan fingerprint density at radius 3 is 2.61 bits per heavy atom. The number of aliphatic imine (C=N–C) groups is 1. The second kappa shape index (κ2) is 7.32. The maximum Gasteiger partial charge on any atom is 0.310 e. The quantitative estimate of drug-likeness (QED) is 0.632. The summed E-state index contributed by atoms with van der Waals surface area (Å²) in [5.74, 6) is 0.744. The molecule has 0 saturated heterocycles. The van der Waals surface area contributed by atoms with Crippen LogP contribution < -0.4 is 20.5 Å². The van der Waals surface area contributed by atoms with Gasteiger partial charge in [-0.1, -0.05) is 24.3 Å². The number of aromatic amines is 1. The zero-order valence-electron chi connectivity index (χ0n) is 14.9. The van der Waals surface area contributed by atoms with Gasteiger partial charge in [0, 0.05) is 6.42 Å². The van der Waals surface area contributed by atoms with Crippen molar-refractivity contribution in [3.63, 3.8) is 0 Å². The Hall–Kier alpha value is -3.39. The molecule has 0 fully saturated rings. The maximum absolute atomic E-state index is 12.4. The van der Waals surface area contributed by atoms with Crippen molar-refractivity contribution in [1.29, 1.82) is 0 Å². The van der Waals surface area contributed by atoms with Crippen LogP contribution in [0.4, 0.5) is 11.4 Å². The largest absolute Gasteiger partial charge is 0.499 e. The van der Waals surface area contributed by atoms with Crippen molar-refractivity contribution in [3.8, 4) is 10.8 Å². The third kappa shape index (κ3) is 3.41. The number of hydrogen-bond acceptors (Lipinski definition) is 7. The van der Waals surface area contributed by atoms with Crippen LogP contribution in [-0.4, -0.2) is 22.9 Å². The van der Waals surface area contributed by atoms with Gasteiger partial charge in [0.1, 0.15) is 11.3 Å². The normalized spacial score (nSPS) is 15.8. The second-order valence-corrected chi connectivity index (χ2v) is 7.24. The van der Waals surface area contributed by atoms with Gasteiger partial charge in [0.2, 0.25) is 0 Å². The summed E-state index contributed by atoms with van der Waals surface area (Å²) in [7, 11) is 1.61. The molecule has 0 unspecified atom stereocenters. The van der Waals surface area contributed by atoms with Crippen molar-refractivity contribution in [3.05, 3.63) is 79.7 Å². The number of aromatic hydroxyl groups is 1. The van der Waals surface area contributed by atoms with Crippen LogP contribution in [0.2, 0.25) is 0 Å². The van der Waals surface area contributed by atoms with Gasteiger partial charge >= 0.3 is 4.87 Å². The topological polar surface area (TPSA) is 104 Å². The fraction of sp³-hybridized carbons (Fsp3) is 0.150. The SMILES string of the molecule is COc1ccc([C@H]2CC(c3c(O)sc(=O)[nH]c3=O)=Nc3ccccc3N2)cc1. The number of H-pyrrole nitrogens is 1. The number of rotatable bonds is 3. The molecule has 0 aliphatic carbocycles. The number of nitrogens with zero attached hydrogens (tertiary/aromatic N) is 1. The minimum Gasteiger partial charge on any atom is -0.499 e. The molecule has 3 aromatic rings. The minimum atomic E-state index is -0.645. The number of ether oxygens (including phenoxy) is 1. The standard InChI is InChI=1S/C20H17N3O4S/c1-27-12-8-6-11(7-9-12)15-10-16(17-18(24)23-20(26)28-19(17)25)22-14-5-3-2-4-13(14)21-15/h2-9,15,21,25H,10H2,1H3,(H,23,24,26)/t15-/m1/s1. The zero-order valence-corrected chi connectivity index (χ0v) is 15.7. The summed E-state index contributed by atoms with van der Waals surface area (Å²) in [5, 5.41) is 13.4. The number of anilines is 1. The van der Waals surface area contributed by atoms with E-state index in [0.717, 1.165) is 17.0 Å². The van der Waals surface area contributed by atoms with E-state index in [4.69, 9.17) is 4.74 Å². The summed E-state index contributed by atoms with van der Waals surface area (Å²) in [6.07, 6.45) is 0.350. The number of hydrogen-bond donors (Lipinski definition) is 3. The van der Waals surface area contributed by atoms with Crippen molar-refractivity contribution in [2.45, 2.75) is 12.5 Å². The van der Waals surface area contributed by atoms with E-state index in [9.17, 15) is 14.7 Å². The predicted octanol–water partition coefficient (Wildman–Crippen LogP) is 3.19. The minimum absolute atomic E-state index is 0.0293. The summed E-state index contributed by atoms with van der Waals surface area (Å²) >= 11 is 0.583. The van der Waals surface area contributed by atoms with Crippen molar-refractivity contribution in [2.24, 2.45) is 4.99 Å². The van der Waals surface area contributed by atoms with Gasteiger partial charge in [-0.15, -0.1) is 0 Å². The van der Waals surface area contributed by atoms with E-state index in [2.05, 4.69) is 15.3 Å². The van der Waals surface area contributed by atoms with Crippen molar-refractivity contribution in [1.82, 2.24) is 4.98 Å². The molecule has 7 nitrogen and oxygen atoms in total. The van der Waals surface area contributed by atoms with Gasteiger partial charge in [0.25, 0.3) is 5.56 Å². The molecule has 28 heavy (non-hydrogen) atoms. The first-order chi connectivity index (χ1) is 13.5. The van der Waals surface area contributed by atoms with E-state index in [0.29, 0.717) is 29.2 Å². The number of benzene rings is 2. The first kappa shape index (κ1) is 18.0. The van der Waals surface area contributed by atoms with Gasteiger partial charge in [0.15, 0.2) is 5.06 Å². The van der Waals surface area contributed by atoms with Gasteiger partial charge in [-0.25, -0.2) is 0 Å². The fourth-order valence-corrected chi connectivity index (χ4v) is 3.81. The van der Waals surface area contributed by atoms with Crippen molar-refractivity contribution in [2.75, 3.05) is 12.4 Å². The molecule has 0 radical (unpaired) electrons. The molecule has 1 aromatic heterocycles. The monoisotopic (exact) mass is 395 g/mol. The Morgan fingerprint density at radius 1 is 1.14 bits per heavy atom. The van der Waals surface area contributed by atoms with Gasteiger partial charge in [0.05, 0.1) is 30.2 Å². The molecular weight excluding hydrogens is 378 g/mol. The highest BCUT2D eigenvalue weighted by Crippen LogP contribution is 2.36. The van der Waals surface area contributed by atoms with Crippen LogP contribution in [0.15, 0.2) is 63.1 Å². The predicted molar refractivity (Wildman–Crippen MR) is 109 cm³/mol. The third-order valence-corrected chi connectivity index (χ3v) is 5.22. The van der Waals surface area contributed by atoms with E-state index in [1.165, 1.54) is 0 Å². The lowest BCUT2D eigenvalue weighted by Crippen LogP contribution is -2.25. The molecule has 2 aromatic carbocycles. The molecule has 142 valence electrons. The van der Waals surface area contributed by atoms with Crippen LogP contribution in [0.5, 0.6) is 10.8 Å². The lowest BCUT2D eigenvalue weighted by atomic mass is 9.98. The van der Waals surface area contributed by atoms with Crippen LogP contribution in [-0.2, 0) is 0 Å². The van der Waals surface area contributed by atoms with E-state index in [1.54, 1.807) is 7.11 Å². The number of methoxy groups -OCH3 is 1. The van der Waals surface area contributed by atoms with Gasteiger partial charge in [-0.3, -0.25) is 19.6 Å². The van der Waals surface area contributed by atoms with Crippen LogP contribution in [0.1, 0.15) is 23.6 Å². The summed E-state index contributed by atoms with van der Waals surface area (Å²) in [6.45, 7) is 0. The number of fused-ring (bicyclic) bond motifs is 1. The molecular formula is C20H17N3O4S.